The maximum atomic E-state index is 12.9. The van der Waals surface area contributed by atoms with E-state index >= 15 is 0 Å². The standard InChI is InChI=1S/C24H20ClN3O3/c1-31-19-6-4-5-17(13-19)24(30)26-14-23-27-20-7-2-3-8-21(20)28(23)15-22(29)16-9-11-18(25)12-10-16/h2-13H,14-15H2,1H3,(H,26,30). The second-order valence-corrected chi connectivity index (χ2v) is 7.38. The fraction of sp³-hybridized carbons (Fsp3) is 0.125. The molecule has 31 heavy (non-hydrogen) atoms. The number of hydrogen-bond acceptors (Lipinski definition) is 4. The maximum Gasteiger partial charge on any atom is 0.251 e. The zero-order valence-electron chi connectivity index (χ0n) is 16.8. The van der Waals surface area contributed by atoms with Crippen LogP contribution < -0.4 is 10.1 Å². The third-order valence-corrected chi connectivity index (χ3v) is 5.19. The predicted octanol–water partition coefficient (Wildman–Crippen LogP) is 4.51. The quantitative estimate of drug-likeness (QED) is 0.435. The minimum absolute atomic E-state index is 0.0693. The van der Waals surface area contributed by atoms with Crippen molar-refractivity contribution < 1.29 is 14.3 Å². The van der Waals surface area contributed by atoms with Crippen LogP contribution in [0.5, 0.6) is 5.75 Å². The molecule has 0 aliphatic rings. The zero-order chi connectivity index (χ0) is 21.8. The first-order valence-corrected chi connectivity index (χ1v) is 10.1. The van der Waals surface area contributed by atoms with E-state index in [0.29, 0.717) is 27.7 Å². The molecule has 0 unspecified atom stereocenters. The van der Waals surface area contributed by atoms with Gasteiger partial charge in [0, 0.05) is 16.1 Å². The van der Waals surface area contributed by atoms with Gasteiger partial charge in [0.2, 0.25) is 0 Å². The van der Waals surface area contributed by atoms with Gasteiger partial charge in [-0.25, -0.2) is 4.98 Å². The number of rotatable bonds is 7. The van der Waals surface area contributed by atoms with Crippen molar-refractivity contribution in [3.8, 4) is 5.75 Å². The molecule has 0 aliphatic carbocycles. The summed E-state index contributed by atoms with van der Waals surface area (Å²) in [7, 11) is 1.55. The Balaban J connectivity index is 1.58. The van der Waals surface area contributed by atoms with Crippen molar-refractivity contribution in [3.63, 3.8) is 0 Å². The lowest BCUT2D eigenvalue weighted by Gasteiger charge is -2.10. The number of benzene rings is 3. The summed E-state index contributed by atoms with van der Waals surface area (Å²) in [6.45, 7) is 0.283. The van der Waals surface area contributed by atoms with E-state index in [1.165, 1.54) is 0 Å². The number of fused-ring (bicyclic) bond motifs is 1. The van der Waals surface area contributed by atoms with E-state index in [1.54, 1.807) is 55.6 Å². The van der Waals surface area contributed by atoms with Gasteiger partial charge in [0.05, 0.1) is 31.2 Å². The first-order chi connectivity index (χ1) is 15.0. The summed E-state index contributed by atoms with van der Waals surface area (Å²) in [5.74, 6) is 0.884. The number of nitrogens with one attached hydrogen (secondary N) is 1. The number of para-hydroxylation sites is 2. The topological polar surface area (TPSA) is 73.2 Å². The Bertz CT molecular complexity index is 1250. The second kappa shape index (κ2) is 9.02. The highest BCUT2D eigenvalue weighted by Crippen LogP contribution is 2.18. The zero-order valence-corrected chi connectivity index (χ0v) is 17.6. The van der Waals surface area contributed by atoms with Gasteiger partial charge in [0.15, 0.2) is 5.78 Å². The average Bonchev–Trinajstić information content (AvgIpc) is 3.15. The van der Waals surface area contributed by atoms with Crippen molar-refractivity contribution in [2.75, 3.05) is 7.11 Å². The van der Waals surface area contributed by atoms with Gasteiger partial charge in [0.25, 0.3) is 5.91 Å². The Hall–Kier alpha value is -3.64. The number of hydrogen-bond donors (Lipinski definition) is 1. The fourth-order valence-corrected chi connectivity index (χ4v) is 3.46. The third-order valence-electron chi connectivity index (χ3n) is 4.94. The lowest BCUT2D eigenvalue weighted by atomic mass is 10.1. The highest BCUT2D eigenvalue weighted by molar-refractivity contribution is 6.30. The molecule has 3 aromatic carbocycles. The lowest BCUT2D eigenvalue weighted by molar-refractivity contribution is 0.0949. The van der Waals surface area contributed by atoms with E-state index < -0.39 is 0 Å². The largest absolute Gasteiger partial charge is 0.497 e. The van der Waals surface area contributed by atoms with Gasteiger partial charge in [-0.3, -0.25) is 9.59 Å². The molecule has 1 heterocycles. The number of methoxy groups -OCH3 is 1. The Morgan fingerprint density at radius 1 is 1.00 bits per heavy atom. The normalized spacial score (nSPS) is 10.8. The SMILES string of the molecule is COc1cccc(C(=O)NCc2nc3ccccc3n2CC(=O)c2ccc(Cl)cc2)c1. The summed E-state index contributed by atoms with van der Waals surface area (Å²) < 4.78 is 7.01. The number of halogens is 1. The van der Waals surface area contributed by atoms with Crippen molar-refractivity contribution in [2.45, 2.75) is 13.1 Å². The summed E-state index contributed by atoms with van der Waals surface area (Å²) in [5, 5.41) is 3.46. The van der Waals surface area contributed by atoms with Gasteiger partial charge < -0.3 is 14.6 Å². The van der Waals surface area contributed by atoms with Gasteiger partial charge in [-0.15, -0.1) is 0 Å². The number of carbonyl (C=O) groups excluding carboxylic acids is 2. The van der Waals surface area contributed by atoms with Crippen LogP contribution in [0.1, 0.15) is 26.5 Å². The molecular formula is C24H20ClN3O3. The first-order valence-electron chi connectivity index (χ1n) is 9.70. The van der Waals surface area contributed by atoms with Gasteiger partial charge in [-0.1, -0.05) is 29.8 Å². The van der Waals surface area contributed by atoms with E-state index in [2.05, 4.69) is 10.3 Å². The van der Waals surface area contributed by atoms with Crippen LogP contribution in [0, 0.1) is 0 Å². The summed E-state index contributed by atoms with van der Waals surface area (Å²) in [5.41, 5.74) is 2.64. The van der Waals surface area contributed by atoms with Crippen molar-refractivity contribution >= 4 is 34.3 Å². The van der Waals surface area contributed by atoms with Crippen LogP contribution in [0.4, 0.5) is 0 Å². The van der Waals surface area contributed by atoms with E-state index in [4.69, 9.17) is 16.3 Å². The monoisotopic (exact) mass is 433 g/mol. The molecule has 0 saturated carbocycles. The number of amides is 1. The van der Waals surface area contributed by atoms with Crippen molar-refractivity contribution in [1.29, 1.82) is 0 Å². The number of imidazole rings is 1. The van der Waals surface area contributed by atoms with E-state index in [9.17, 15) is 9.59 Å². The van der Waals surface area contributed by atoms with Crippen molar-refractivity contribution in [3.05, 3.63) is 94.8 Å². The van der Waals surface area contributed by atoms with Crippen LogP contribution in [0.25, 0.3) is 11.0 Å². The Morgan fingerprint density at radius 2 is 1.77 bits per heavy atom. The Morgan fingerprint density at radius 3 is 2.55 bits per heavy atom. The molecule has 0 atom stereocenters. The molecule has 0 spiro atoms. The molecule has 156 valence electrons. The molecule has 1 aromatic heterocycles. The van der Waals surface area contributed by atoms with Gasteiger partial charge in [-0.2, -0.15) is 0 Å². The van der Waals surface area contributed by atoms with Crippen LogP contribution in [0.3, 0.4) is 0 Å². The molecule has 7 heteroatoms. The molecule has 0 aliphatic heterocycles. The summed E-state index contributed by atoms with van der Waals surface area (Å²) in [6, 6.07) is 21.3. The van der Waals surface area contributed by atoms with Crippen LogP contribution >= 0.6 is 11.6 Å². The number of carbonyl (C=O) groups is 2. The lowest BCUT2D eigenvalue weighted by Crippen LogP contribution is -2.25. The Labute approximate surface area is 184 Å². The molecule has 0 bridgehead atoms. The van der Waals surface area contributed by atoms with Crippen LogP contribution in [0.15, 0.2) is 72.8 Å². The third kappa shape index (κ3) is 4.59. The number of Topliss-reactive ketones (excluding diaryl/α,β-unsaturated/α-hetero) is 1. The molecule has 0 saturated heterocycles. The second-order valence-electron chi connectivity index (χ2n) is 6.95. The number of aromatic nitrogens is 2. The summed E-state index contributed by atoms with van der Waals surface area (Å²) in [6.07, 6.45) is 0. The predicted molar refractivity (Wildman–Crippen MR) is 120 cm³/mol. The van der Waals surface area contributed by atoms with Gasteiger partial charge in [0.1, 0.15) is 11.6 Å². The van der Waals surface area contributed by atoms with Crippen molar-refractivity contribution in [2.24, 2.45) is 0 Å². The molecule has 1 N–H and O–H groups in total. The van der Waals surface area contributed by atoms with Gasteiger partial charge >= 0.3 is 0 Å². The van der Waals surface area contributed by atoms with E-state index in [-0.39, 0.29) is 24.8 Å². The maximum absolute atomic E-state index is 12.9. The highest BCUT2D eigenvalue weighted by Gasteiger charge is 2.16. The molecule has 0 radical (unpaired) electrons. The summed E-state index contributed by atoms with van der Waals surface area (Å²) >= 11 is 5.93. The number of nitrogens with zero attached hydrogens (tertiary/aromatic N) is 2. The van der Waals surface area contributed by atoms with Crippen LogP contribution in [0.2, 0.25) is 5.02 Å². The first kappa shape index (κ1) is 20.6. The average molecular weight is 434 g/mol. The Kier molecular flexibility index (Phi) is 6.00. The molecule has 6 nitrogen and oxygen atoms in total. The van der Waals surface area contributed by atoms with Crippen molar-refractivity contribution in [1.82, 2.24) is 14.9 Å². The van der Waals surface area contributed by atoms with Crippen LogP contribution in [-0.4, -0.2) is 28.4 Å². The molecule has 1 amide bonds. The van der Waals surface area contributed by atoms with Gasteiger partial charge in [-0.05, 0) is 54.6 Å². The smallest absolute Gasteiger partial charge is 0.251 e. The van der Waals surface area contributed by atoms with E-state index in [1.807, 2.05) is 28.8 Å². The van der Waals surface area contributed by atoms with E-state index in [0.717, 1.165) is 11.0 Å². The minimum Gasteiger partial charge on any atom is -0.497 e. The highest BCUT2D eigenvalue weighted by atomic mass is 35.5. The van der Waals surface area contributed by atoms with Crippen LogP contribution in [-0.2, 0) is 13.1 Å². The summed E-state index contributed by atoms with van der Waals surface area (Å²) in [4.78, 5) is 30.1. The molecule has 4 aromatic rings. The fourth-order valence-electron chi connectivity index (χ4n) is 3.33. The minimum atomic E-state index is -0.249. The number of ketones is 1. The molecule has 0 fully saturated rings. The number of ether oxygens (including phenoxy) is 1. The molecule has 4 rings (SSSR count). The molecular weight excluding hydrogens is 414 g/mol.